The number of carbonyl (C=O) groups excluding carboxylic acids is 3. The van der Waals surface area contributed by atoms with Crippen LogP contribution in [0, 0.1) is 11.3 Å². The summed E-state index contributed by atoms with van der Waals surface area (Å²) in [6, 6.07) is 0. The smallest absolute Gasteiger partial charge is 0.345 e. The number of rotatable bonds is 8. The van der Waals surface area contributed by atoms with Gasteiger partial charge in [-0.3, -0.25) is 4.79 Å². The predicted molar refractivity (Wildman–Crippen MR) is 88.0 cm³/mol. The van der Waals surface area contributed by atoms with Crippen molar-refractivity contribution in [2.75, 3.05) is 13.2 Å². The molecular formula is C18H28O6. The van der Waals surface area contributed by atoms with Crippen LogP contribution in [0.25, 0.3) is 0 Å². The zero-order valence-electron chi connectivity index (χ0n) is 15.1. The molecule has 0 aromatic heterocycles. The molecule has 2 unspecified atom stereocenters. The molecule has 2 atom stereocenters. The van der Waals surface area contributed by atoms with Crippen LogP contribution in [0.4, 0.5) is 0 Å². The van der Waals surface area contributed by atoms with E-state index in [0.29, 0.717) is 6.42 Å². The van der Waals surface area contributed by atoms with Gasteiger partial charge >= 0.3 is 17.9 Å². The van der Waals surface area contributed by atoms with Gasteiger partial charge < -0.3 is 14.2 Å². The highest BCUT2D eigenvalue weighted by Gasteiger charge is 2.41. The van der Waals surface area contributed by atoms with E-state index in [1.807, 2.05) is 13.8 Å². The van der Waals surface area contributed by atoms with Crippen LogP contribution in [0.1, 0.15) is 53.4 Å². The zero-order valence-corrected chi connectivity index (χ0v) is 15.1. The molecule has 1 rings (SSSR count). The third kappa shape index (κ3) is 5.08. The van der Waals surface area contributed by atoms with Crippen molar-refractivity contribution in [2.24, 2.45) is 11.3 Å². The van der Waals surface area contributed by atoms with E-state index in [-0.39, 0.29) is 5.92 Å². The molecule has 0 amide bonds. The maximum Gasteiger partial charge on any atom is 0.345 e. The second kappa shape index (κ2) is 8.31. The van der Waals surface area contributed by atoms with Crippen LogP contribution in [-0.2, 0) is 28.6 Å². The number of hydrogen-bond donors (Lipinski definition) is 0. The van der Waals surface area contributed by atoms with E-state index in [0.717, 1.165) is 19.3 Å². The van der Waals surface area contributed by atoms with Gasteiger partial charge in [-0.25, -0.2) is 9.59 Å². The minimum Gasteiger partial charge on any atom is -0.453 e. The lowest BCUT2D eigenvalue weighted by molar-refractivity contribution is -0.173. The van der Waals surface area contributed by atoms with Crippen molar-refractivity contribution in [3.63, 3.8) is 0 Å². The molecule has 0 heterocycles. The van der Waals surface area contributed by atoms with E-state index in [1.54, 1.807) is 19.9 Å². The number of carbonyl (C=O) groups is 3. The topological polar surface area (TPSA) is 78.9 Å². The van der Waals surface area contributed by atoms with Crippen LogP contribution >= 0.6 is 0 Å². The van der Waals surface area contributed by atoms with Crippen molar-refractivity contribution in [3.8, 4) is 0 Å². The minimum atomic E-state index is -0.778. The fourth-order valence-corrected chi connectivity index (χ4v) is 2.56. The monoisotopic (exact) mass is 340 g/mol. The van der Waals surface area contributed by atoms with Gasteiger partial charge in [0, 0.05) is 0 Å². The van der Waals surface area contributed by atoms with Crippen LogP contribution in [0.15, 0.2) is 12.7 Å². The molecule has 0 saturated heterocycles. The molecule has 1 fully saturated rings. The summed E-state index contributed by atoms with van der Waals surface area (Å²) in [7, 11) is 0. The van der Waals surface area contributed by atoms with Crippen molar-refractivity contribution in [1.82, 2.24) is 0 Å². The maximum absolute atomic E-state index is 11.9. The Hall–Kier alpha value is -1.85. The lowest BCUT2D eigenvalue weighted by Gasteiger charge is -2.30. The first-order valence-corrected chi connectivity index (χ1v) is 8.35. The average molecular weight is 340 g/mol. The van der Waals surface area contributed by atoms with Crippen molar-refractivity contribution >= 4 is 17.9 Å². The summed E-state index contributed by atoms with van der Waals surface area (Å²) in [5.41, 5.74) is -1.34. The SMILES string of the molecule is C=CC1(OC(=O)COC(=O)COC(=O)C(C)(C)CC)CCCC1C. The molecule has 1 aliphatic rings. The Morgan fingerprint density at radius 1 is 1.21 bits per heavy atom. The highest BCUT2D eigenvalue weighted by molar-refractivity contribution is 5.81. The highest BCUT2D eigenvalue weighted by atomic mass is 16.6. The van der Waals surface area contributed by atoms with Crippen LogP contribution < -0.4 is 0 Å². The van der Waals surface area contributed by atoms with Crippen LogP contribution in [0.5, 0.6) is 0 Å². The largest absolute Gasteiger partial charge is 0.453 e. The van der Waals surface area contributed by atoms with Gasteiger partial charge in [0.15, 0.2) is 13.2 Å². The minimum absolute atomic E-state index is 0.187. The Balaban J connectivity index is 2.38. The average Bonchev–Trinajstić information content (AvgIpc) is 2.91. The van der Waals surface area contributed by atoms with E-state index in [2.05, 4.69) is 6.58 Å². The summed E-state index contributed by atoms with van der Waals surface area (Å²) < 4.78 is 15.2. The number of ether oxygens (including phenoxy) is 3. The van der Waals surface area contributed by atoms with Crippen molar-refractivity contribution in [1.29, 1.82) is 0 Å². The van der Waals surface area contributed by atoms with Gasteiger partial charge in [-0.15, -0.1) is 0 Å². The Bertz CT molecular complexity index is 496. The third-order valence-electron chi connectivity index (χ3n) is 4.80. The second-order valence-corrected chi connectivity index (χ2v) is 6.90. The summed E-state index contributed by atoms with van der Waals surface area (Å²) in [4.78, 5) is 35.2. The summed E-state index contributed by atoms with van der Waals surface area (Å²) in [6.07, 6.45) is 4.89. The molecule has 6 heteroatoms. The van der Waals surface area contributed by atoms with Crippen LogP contribution in [-0.4, -0.2) is 36.7 Å². The Morgan fingerprint density at radius 3 is 2.33 bits per heavy atom. The van der Waals surface area contributed by atoms with E-state index < -0.39 is 42.1 Å². The molecule has 0 aromatic carbocycles. The molecule has 6 nitrogen and oxygen atoms in total. The van der Waals surface area contributed by atoms with Gasteiger partial charge in [-0.1, -0.05) is 20.4 Å². The highest BCUT2D eigenvalue weighted by Crippen LogP contribution is 2.39. The van der Waals surface area contributed by atoms with Gasteiger partial charge in [0.2, 0.25) is 0 Å². The van der Waals surface area contributed by atoms with E-state index >= 15 is 0 Å². The normalized spacial score (nSPS) is 23.4. The van der Waals surface area contributed by atoms with Gasteiger partial charge in [0.1, 0.15) is 5.60 Å². The molecule has 0 aliphatic heterocycles. The summed E-state index contributed by atoms with van der Waals surface area (Å²) in [5.74, 6) is -1.70. The van der Waals surface area contributed by atoms with Crippen molar-refractivity contribution < 1.29 is 28.6 Å². The van der Waals surface area contributed by atoms with Gasteiger partial charge in [-0.05, 0) is 51.5 Å². The van der Waals surface area contributed by atoms with Gasteiger partial charge in [-0.2, -0.15) is 0 Å². The van der Waals surface area contributed by atoms with Crippen molar-refractivity contribution in [2.45, 2.75) is 59.0 Å². The molecule has 0 aromatic rings. The number of esters is 3. The van der Waals surface area contributed by atoms with E-state index in [4.69, 9.17) is 14.2 Å². The standard InChI is InChI=1S/C18H28O6/c1-6-17(4,5)16(21)23-11-14(19)22-12-15(20)24-18(7-2)10-8-9-13(18)3/h7,13H,2,6,8-12H2,1,3-5H3. The first-order valence-electron chi connectivity index (χ1n) is 8.35. The molecule has 0 bridgehead atoms. The van der Waals surface area contributed by atoms with Crippen molar-refractivity contribution in [3.05, 3.63) is 12.7 Å². The zero-order chi connectivity index (χ0) is 18.4. The first kappa shape index (κ1) is 20.2. The summed E-state index contributed by atoms with van der Waals surface area (Å²) in [5, 5.41) is 0. The molecule has 1 saturated carbocycles. The predicted octanol–water partition coefficient (Wildman–Crippen LogP) is 2.80. The molecule has 1 aliphatic carbocycles. The first-order chi connectivity index (χ1) is 11.2. The molecule has 0 spiro atoms. The fraction of sp³-hybridized carbons (Fsp3) is 0.722. The van der Waals surface area contributed by atoms with E-state index in [9.17, 15) is 14.4 Å². The summed E-state index contributed by atoms with van der Waals surface area (Å²) >= 11 is 0. The Kier molecular flexibility index (Phi) is 6.99. The van der Waals surface area contributed by atoms with Crippen LogP contribution in [0.2, 0.25) is 0 Å². The fourth-order valence-electron chi connectivity index (χ4n) is 2.56. The molecule has 0 radical (unpaired) electrons. The molecule has 0 N–H and O–H groups in total. The lowest BCUT2D eigenvalue weighted by atomic mass is 9.91. The second-order valence-electron chi connectivity index (χ2n) is 6.90. The molecule has 136 valence electrons. The van der Waals surface area contributed by atoms with Gasteiger partial charge in [0.05, 0.1) is 5.41 Å². The third-order valence-corrected chi connectivity index (χ3v) is 4.80. The Morgan fingerprint density at radius 2 is 1.83 bits per heavy atom. The van der Waals surface area contributed by atoms with Gasteiger partial charge in [0.25, 0.3) is 0 Å². The Labute approximate surface area is 143 Å². The quantitative estimate of drug-likeness (QED) is 0.384. The maximum atomic E-state index is 11.9. The number of hydrogen-bond acceptors (Lipinski definition) is 6. The van der Waals surface area contributed by atoms with E-state index in [1.165, 1.54) is 0 Å². The molecular weight excluding hydrogens is 312 g/mol. The lowest BCUT2D eigenvalue weighted by Crippen LogP contribution is -2.37. The summed E-state index contributed by atoms with van der Waals surface area (Å²) in [6.45, 7) is 10.1. The van der Waals surface area contributed by atoms with Crippen LogP contribution in [0.3, 0.4) is 0 Å². The molecule has 24 heavy (non-hydrogen) atoms.